The molecule has 0 bridgehead atoms. The Morgan fingerprint density at radius 3 is 3.17 bits per heavy atom. The van der Waals surface area contributed by atoms with Gasteiger partial charge in [-0.15, -0.1) is 5.10 Å². The zero-order chi connectivity index (χ0) is 16.7. The van der Waals surface area contributed by atoms with Gasteiger partial charge in [0.2, 0.25) is 0 Å². The lowest BCUT2D eigenvalue weighted by molar-refractivity contribution is -0.0606. The summed E-state index contributed by atoms with van der Waals surface area (Å²) in [7, 11) is 1.83. The van der Waals surface area contributed by atoms with Crippen LogP contribution in [0.25, 0.3) is 0 Å². The van der Waals surface area contributed by atoms with E-state index in [-0.39, 0.29) is 18.1 Å². The average Bonchev–Trinajstić information content (AvgIpc) is 3.20. The van der Waals surface area contributed by atoms with E-state index in [0.29, 0.717) is 25.4 Å². The molecule has 1 saturated heterocycles. The van der Waals surface area contributed by atoms with Crippen LogP contribution >= 0.6 is 0 Å². The molecule has 8 heteroatoms. The second-order valence-corrected chi connectivity index (χ2v) is 6.52. The lowest BCUT2D eigenvalue weighted by Gasteiger charge is -2.40. The maximum absolute atomic E-state index is 12.9. The number of fused-ring (bicyclic) bond motifs is 3. The van der Waals surface area contributed by atoms with Crippen molar-refractivity contribution in [3.8, 4) is 0 Å². The first kappa shape index (κ1) is 15.3. The maximum atomic E-state index is 12.9. The molecule has 24 heavy (non-hydrogen) atoms. The molecule has 0 aliphatic carbocycles. The van der Waals surface area contributed by atoms with Crippen LogP contribution < -0.4 is 0 Å². The van der Waals surface area contributed by atoms with Crippen LogP contribution in [-0.2, 0) is 24.8 Å². The minimum Gasteiger partial charge on any atom is -0.370 e. The Kier molecular flexibility index (Phi) is 3.84. The normalized spacial score (nSPS) is 23.0. The Hall–Kier alpha value is -2.22. The van der Waals surface area contributed by atoms with Crippen molar-refractivity contribution in [2.45, 2.75) is 44.9 Å². The van der Waals surface area contributed by atoms with Gasteiger partial charge in [0, 0.05) is 20.1 Å². The minimum atomic E-state index is 0.0260. The van der Waals surface area contributed by atoms with Gasteiger partial charge in [-0.1, -0.05) is 18.6 Å². The summed E-state index contributed by atoms with van der Waals surface area (Å²) in [6.07, 6.45) is 4.56. The summed E-state index contributed by atoms with van der Waals surface area (Å²) in [4.78, 5) is 14.8. The number of hydrogen-bond acceptors (Lipinski definition) is 5. The monoisotopic (exact) mass is 330 g/mol. The van der Waals surface area contributed by atoms with Crippen molar-refractivity contribution < 1.29 is 9.53 Å². The van der Waals surface area contributed by atoms with Crippen LogP contribution in [0.3, 0.4) is 0 Å². The molecular weight excluding hydrogens is 308 g/mol. The van der Waals surface area contributed by atoms with E-state index in [9.17, 15) is 4.79 Å². The third-order valence-electron chi connectivity index (χ3n) is 4.87. The average molecular weight is 330 g/mol. The van der Waals surface area contributed by atoms with Crippen LogP contribution in [0.2, 0.25) is 0 Å². The molecule has 8 nitrogen and oxygen atoms in total. The molecule has 2 atom stereocenters. The molecule has 2 aromatic heterocycles. The fraction of sp³-hybridized carbons (Fsp3) is 0.625. The van der Waals surface area contributed by atoms with Crippen molar-refractivity contribution >= 4 is 5.91 Å². The van der Waals surface area contributed by atoms with Gasteiger partial charge < -0.3 is 9.64 Å². The largest absolute Gasteiger partial charge is 0.370 e. The first-order valence-electron chi connectivity index (χ1n) is 8.50. The second-order valence-electron chi connectivity index (χ2n) is 6.52. The molecule has 4 heterocycles. The number of likely N-dealkylation sites (tertiary alicyclic amines) is 1. The van der Waals surface area contributed by atoms with Gasteiger partial charge in [0.25, 0.3) is 5.91 Å². The standard InChI is InChI=1S/C16H22N6O2/c1-3-4-11-7-13(20(2)18-11)16(23)21-6-5-15-14(9-21)22-12(10-24-15)8-17-19-22/h7-8,14-15H,3-6,9-10H2,1-2H3/t14-,15+/m0/s1. The topological polar surface area (TPSA) is 78.1 Å². The number of nitrogens with zero attached hydrogens (tertiary/aromatic N) is 6. The van der Waals surface area contributed by atoms with Crippen molar-refractivity contribution in [1.82, 2.24) is 29.7 Å². The highest BCUT2D eigenvalue weighted by molar-refractivity contribution is 5.92. The van der Waals surface area contributed by atoms with Crippen molar-refractivity contribution in [3.63, 3.8) is 0 Å². The van der Waals surface area contributed by atoms with Gasteiger partial charge in [-0.3, -0.25) is 9.48 Å². The number of carbonyl (C=O) groups excluding carboxylic acids is 1. The molecule has 0 N–H and O–H groups in total. The minimum absolute atomic E-state index is 0.0260. The molecule has 2 aliphatic rings. The Labute approximate surface area is 140 Å². The van der Waals surface area contributed by atoms with Crippen LogP contribution in [0.4, 0.5) is 0 Å². The molecule has 0 spiro atoms. The Morgan fingerprint density at radius 1 is 1.46 bits per heavy atom. The molecule has 2 aromatic rings. The summed E-state index contributed by atoms with van der Waals surface area (Å²) in [6.45, 7) is 3.94. The molecule has 4 rings (SSSR count). The second kappa shape index (κ2) is 6.01. The first-order chi connectivity index (χ1) is 11.7. The van der Waals surface area contributed by atoms with Crippen molar-refractivity contribution in [2.24, 2.45) is 7.05 Å². The lowest BCUT2D eigenvalue weighted by atomic mass is 10.00. The summed E-state index contributed by atoms with van der Waals surface area (Å²) >= 11 is 0. The summed E-state index contributed by atoms with van der Waals surface area (Å²) in [6, 6.07) is 1.95. The van der Waals surface area contributed by atoms with E-state index < -0.39 is 0 Å². The fourth-order valence-corrected chi connectivity index (χ4v) is 3.63. The van der Waals surface area contributed by atoms with E-state index in [4.69, 9.17) is 4.74 Å². The van der Waals surface area contributed by atoms with Gasteiger partial charge in [-0.05, 0) is 18.9 Å². The third kappa shape index (κ3) is 2.50. The molecule has 0 saturated carbocycles. The summed E-state index contributed by atoms with van der Waals surface area (Å²) in [5, 5.41) is 12.6. The Bertz CT molecular complexity index is 752. The van der Waals surface area contributed by atoms with E-state index in [1.54, 1.807) is 10.9 Å². The lowest BCUT2D eigenvalue weighted by Crippen LogP contribution is -2.50. The van der Waals surface area contributed by atoms with Gasteiger partial charge in [0.05, 0.1) is 36.3 Å². The van der Waals surface area contributed by atoms with Crippen molar-refractivity contribution in [3.05, 3.63) is 29.3 Å². The molecule has 1 fully saturated rings. The number of ether oxygens (including phenoxy) is 1. The number of aromatic nitrogens is 5. The molecular formula is C16H22N6O2. The van der Waals surface area contributed by atoms with Gasteiger partial charge in [-0.25, -0.2) is 4.68 Å². The predicted octanol–water partition coefficient (Wildman–Crippen LogP) is 0.950. The van der Waals surface area contributed by atoms with E-state index in [1.165, 1.54) is 0 Å². The Balaban J connectivity index is 1.55. The van der Waals surface area contributed by atoms with Gasteiger partial charge in [-0.2, -0.15) is 5.10 Å². The van der Waals surface area contributed by atoms with Crippen LogP contribution in [0, 0.1) is 0 Å². The van der Waals surface area contributed by atoms with Crippen molar-refractivity contribution in [2.75, 3.05) is 13.1 Å². The van der Waals surface area contributed by atoms with Crippen LogP contribution in [0.15, 0.2) is 12.3 Å². The van der Waals surface area contributed by atoms with Crippen molar-refractivity contribution in [1.29, 1.82) is 0 Å². The van der Waals surface area contributed by atoms with Crippen LogP contribution in [0.5, 0.6) is 0 Å². The Morgan fingerprint density at radius 2 is 2.33 bits per heavy atom. The summed E-state index contributed by atoms with van der Waals surface area (Å²) in [5.74, 6) is 0.0260. The number of carbonyl (C=O) groups is 1. The smallest absolute Gasteiger partial charge is 0.272 e. The zero-order valence-electron chi connectivity index (χ0n) is 14.1. The molecule has 0 unspecified atom stereocenters. The summed E-state index contributed by atoms with van der Waals surface area (Å²) in [5.41, 5.74) is 2.58. The van der Waals surface area contributed by atoms with E-state index in [0.717, 1.165) is 30.7 Å². The van der Waals surface area contributed by atoms with Gasteiger partial charge >= 0.3 is 0 Å². The van der Waals surface area contributed by atoms with Gasteiger partial charge in [0.15, 0.2) is 0 Å². The SMILES string of the molecule is CCCc1cc(C(=O)N2CC[C@H]3OCc4cnnn4[C@H]3C2)n(C)n1. The van der Waals surface area contributed by atoms with Gasteiger partial charge in [0.1, 0.15) is 5.69 Å². The molecule has 0 radical (unpaired) electrons. The number of aryl methyl sites for hydroxylation is 2. The maximum Gasteiger partial charge on any atom is 0.272 e. The fourth-order valence-electron chi connectivity index (χ4n) is 3.63. The highest BCUT2D eigenvalue weighted by atomic mass is 16.5. The summed E-state index contributed by atoms with van der Waals surface area (Å²) < 4.78 is 9.51. The van der Waals surface area contributed by atoms with Crippen LogP contribution in [-0.4, -0.2) is 54.8 Å². The van der Waals surface area contributed by atoms with E-state index in [1.807, 2.05) is 22.7 Å². The quantitative estimate of drug-likeness (QED) is 0.837. The molecule has 1 amide bonds. The number of piperidine rings is 1. The highest BCUT2D eigenvalue weighted by Gasteiger charge is 2.38. The number of amides is 1. The number of rotatable bonds is 3. The first-order valence-corrected chi connectivity index (χ1v) is 8.50. The molecule has 128 valence electrons. The predicted molar refractivity (Wildman–Crippen MR) is 85.4 cm³/mol. The van der Waals surface area contributed by atoms with E-state index >= 15 is 0 Å². The third-order valence-corrected chi connectivity index (χ3v) is 4.87. The molecule has 2 aliphatic heterocycles. The number of hydrogen-bond donors (Lipinski definition) is 0. The zero-order valence-corrected chi connectivity index (χ0v) is 14.1. The van der Waals surface area contributed by atoms with Crippen LogP contribution in [0.1, 0.15) is 47.7 Å². The molecule has 0 aromatic carbocycles. The van der Waals surface area contributed by atoms with E-state index in [2.05, 4.69) is 22.3 Å². The highest BCUT2D eigenvalue weighted by Crippen LogP contribution is 2.30.